The third kappa shape index (κ3) is 4.48. The predicted octanol–water partition coefficient (Wildman–Crippen LogP) is 4.35. The number of hydrogen-bond donors (Lipinski definition) is 2. The van der Waals surface area contributed by atoms with Crippen molar-refractivity contribution in [3.63, 3.8) is 0 Å². The second-order valence-corrected chi connectivity index (χ2v) is 9.85. The van der Waals surface area contributed by atoms with E-state index in [0.717, 1.165) is 6.07 Å². The average molecular weight is 449 g/mol. The summed E-state index contributed by atoms with van der Waals surface area (Å²) in [5.41, 5.74) is 0.634. The molecule has 2 N–H and O–H groups in total. The van der Waals surface area contributed by atoms with Crippen molar-refractivity contribution >= 4 is 27.3 Å². The minimum Gasteiger partial charge on any atom is -0.469 e. The van der Waals surface area contributed by atoms with Gasteiger partial charge in [-0.25, -0.2) is 12.8 Å². The fraction of sp³-hybridized carbons (Fsp3) is 0.333. The summed E-state index contributed by atoms with van der Waals surface area (Å²) in [6.45, 7) is 10.7. The number of furan rings is 1. The molecule has 3 rings (SSSR count). The van der Waals surface area contributed by atoms with Crippen LogP contribution in [0.1, 0.15) is 48.3 Å². The molecule has 10 heteroatoms. The highest BCUT2D eigenvalue weighted by molar-refractivity contribution is 7.92. The maximum Gasteiger partial charge on any atom is 0.265 e. The van der Waals surface area contributed by atoms with Crippen LogP contribution in [0.15, 0.2) is 39.8 Å². The minimum absolute atomic E-state index is 0.0614. The van der Waals surface area contributed by atoms with Crippen molar-refractivity contribution in [1.82, 2.24) is 9.78 Å². The Balaban J connectivity index is 1.91. The van der Waals surface area contributed by atoms with Crippen molar-refractivity contribution in [3.05, 3.63) is 59.1 Å². The smallest absolute Gasteiger partial charge is 0.265 e. The second-order valence-electron chi connectivity index (χ2n) is 8.23. The summed E-state index contributed by atoms with van der Waals surface area (Å²) >= 11 is 0. The van der Waals surface area contributed by atoms with Gasteiger partial charge in [-0.1, -0.05) is 0 Å². The van der Waals surface area contributed by atoms with Crippen LogP contribution in [0.25, 0.3) is 0 Å². The zero-order valence-electron chi connectivity index (χ0n) is 18.2. The summed E-state index contributed by atoms with van der Waals surface area (Å²) in [5.74, 6) is -0.884. The van der Waals surface area contributed by atoms with Gasteiger partial charge in [-0.15, -0.1) is 0 Å². The summed E-state index contributed by atoms with van der Waals surface area (Å²) in [7, 11) is -4.01. The number of benzene rings is 1. The van der Waals surface area contributed by atoms with Gasteiger partial charge in [0.2, 0.25) is 0 Å². The van der Waals surface area contributed by atoms with Crippen molar-refractivity contribution < 1.29 is 22.0 Å². The molecule has 2 heterocycles. The maximum absolute atomic E-state index is 14.3. The van der Waals surface area contributed by atoms with Crippen LogP contribution in [0.4, 0.5) is 15.8 Å². The number of nitrogens with zero attached hydrogens (tertiary/aromatic N) is 2. The van der Waals surface area contributed by atoms with Crippen molar-refractivity contribution in [1.29, 1.82) is 0 Å². The molecule has 0 saturated carbocycles. The van der Waals surface area contributed by atoms with Crippen molar-refractivity contribution in [2.24, 2.45) is 0 Å². The molecule has 0 aliphatic heterocycles. The number of carbonyl (C=O) groups is 1. The van der Waals surface area contributed by atoms with E-state index in [0.29, 0.717) is 17.1 Å². The van der Waals surface area contributed by atoms with Gasteiger partial charge in [0.25, 0.3) is 15.9 Å². The van der Waals surface area contributed by atoms with E-state index in [1.807, 2.05) is 20.8 Å². The molecule has 31 heavy (non-hydrogen) atoms. The van der Waals surface area contributed by atoms with Gasteiger partial charge in [0.05, 0.1) is 40.1 Å². The molecule has 0 aliphatic rings. The fourth-order valence-electron chi connectivity index (χ4n) is 3.37. The van der Waals surface area contributed by atoms with Crippen molar-refractivity contribution in [2.45, 2.75) is 52.0 Å². The number of sulfonamides is 1. The molecule has 1 aromatic carbocycles. The largest absolute Gasteiger partial charge is 0.469 e. The molecule has 3 aromatic rings. The molecule has 0 aliphatic carbocycles. The van der Waals surface area contributed by atoms with E-state index < -0.39 is 27.3 Å². The van der Waals surface area contributed by atoms with Gasteiger partial charge < -0.3 is 9.73 Å². The summed E-state index contributed by atoms with van der Waals surface area (Å²) in [4.78, 5) is 12.4. The minimum atomic E-state index is -4.01. The van der Waals surface area contributed by atoms with Gasteiger partial charge in [0, 0.05) is 0 Å². The lowest BCUT2D eigenvalue weighted by molar-refractivity contribution is 0.102. The zero-order chi connectivity index (χ0) is 23.1. The van der Waals surface area contributed by atoms with Crippen molar-refractivity contribution in [3.8, 4) is 0 Å². The topological polar surface area (TPSA) is 106 Å². The Labute approximate surface area is 180 Å². The SMILES string of the molecule is Cc1nn(C(C)(C)C)c(C)c1S(=O)(=O)Nc1ccc(F)c(NC(=O)c2ccoc2C)c1. The second kappa shape index (κ2) is 7.84. The molecule has 0 bridgehead atoms. The van der Waals surface area contributed by atoms with Crippen LogP contribution in [0.3, 0.4) is 0 Å². The lowest BCUT2D eigenvalue weighted by Crippen LogP contribution is -2.25. The summed E-state index contributed by atoms with van der Waals surface area (Å²) in [5, 5.41) is 6.81. The Morgan fingerprint density at radius 3 is 2.39 bits per heavy atom. The van der Waals surface area contributed by atoms with E-state index in [9.17, 15) is 17.6 Å². The summed E-state index contributed by atoms with van der Waals surface area (Å²) in [6, 6.07) is 5.05. The molecule has 2 aromatic heterocycles. The van der Waals surface area contributed by atoms with E-state index in [1.165, 1.54) is 24.5 Å². The van der Waals surface area contributed by atoms with Crippen LogP contribution in [-0.4, -0.2) is 24.1 Å². The first-order valence-corrected chi connectivity index (χ1v) is 11.0. The van der Waals surface area contributed by atoms with Gasteiger partial charge in [0.15, 0.2) is 0 Å². The number of halogens is 1. The molecule has 0 saturated heterocycles. The first-order chi connectivity index (χ1) is 14.3. The van der Waals surface area contributed by atoms with Gasteiger partial charge in [-0.2, -0.15) is 5.10 Å². The third-order valence-corrected chi connectivity index (χ3v) is 6.33. The van der Waals surface area contributed by atoms with Crippen LogP contribution >= 0.6 is 0 Å². The van der Waals surface area contributed by atoms with E-state index in [1.54, 1.807) is 25.5 Å². The summed E-state index contributed by atoms with van der Waals surface area (Å²) in [6.07, 6.45) is 1.35. The van der Waals surface area contributed by atoms with E-state index in [4.69, 9.17) is 4.42 Å². The molecule has 0 spiro atoms. The number of nitrogens with one attached hydrogen (secondary N) is 2. The number of aryl methyl sites for hydroxylation is 2. The van der Waals surface area contributed by atoms with Gasteiger partial charge in [0.1, 0.15) is 16.5 Å². The highest BCUT2D eigenvalue weighted by Crippen LogP contribution is 2.28. The Morgan fingerprint density at radius 2 is 1.84 bits per heavy atom. The van der Waals surface area contributed by atoms with Gasteiger partial charge >= 0.3 is 0 Å². The molecular formula is C21H25FN4O4S. The number of anilines is 2. The van der Waals surface area contributed by atoms with E-state index in [-0.39, 0.29) is 21.8 Å². The van der Waals surface area contributed by atoms with Crippen LogP contribution in [0.5, 0.6) is 0 Å². The molecule has 166 valence electrons. The maximum atomic E-state index is 14.3. The fourth-order valence-corrected chi connectivity index (χ4v) is 4.82. The quantitative estimate of drug-likeness (QED) is 0.604. The Kier molecular flexibility index (Phi) is 5.70. The number of hydrogen-bond acceptors (Lipinski definition) is 5. The monoisotopic (exact) mass is 448 g/mol. The first kappa shape index (κ1) is 22.5. The van der Waals surface area contributed by atoms with Gasteiger partial charge in [-0.3, -0.25) is 14.2 Å². The number of carbonyl (C=O) groups excluding carboxylic acids is 1. The third-order valence-electron chi connectivity index (χ3n) is 4.70. The van der Waals surface area contributed by atoms with Crippen LogP contribution in [-0.2, 0) is 15.6 Å². The van der Waals surface area contributed by atoms with E-state index in [2.05, 4.69) is 15.1 Å². The molecule has 0 atom stereocenters. The molecule has 0 unspecified atom stereocenters. The Morgan fingerprint density at radius 1 is 1.16 bits per heavy atom. The number of amides is 1. The zero-order valence-corrected chi connectivity index (χ0v) is 19.0. The van der Waals surface area contributed by atoms with Crippen LogP contribution in [0.2, 0.25) is 0 Å². The highest BCUT2D eigenvalue weighted by Gasteiger charge is 2.28. The number of rotatable bonds is 5. The Bertz CT molecular complexity index is 1250. The molecule has 0 fully saturated rings. The van der Waals surface area contributed by atoms with Crippen molar-refractivity contribution in [2.75, 3.05) is 10.0 Å². The first-order valence-electron chi connectivity index (χ1n) is 9.56. The molecule has 8 nitrogen and oxygen atoms in total. The molecule has 0 radical (unpaired) electrons. The Hall–Kier alpha value is -3.14. The van der Waals surface area contributed by atoms with Crippen LogP contribution in [0, 0.1) is 26.6 Å². The predicted molar refractivity (Wildman–Crippen MR) is 115 cm³/mol. The number of aromatic nitrogens is 2. The average Bonchev–Trinajstić information content (AvgIpc) is 3.20. The normalized spacial score (nSPS) is 12.1. The molecule has 1 amide bonds. The molecular weight excluding hydrogens is 423 g/mol. The van der Waals surface area contributed by atoms with Gasteiger partial charge in [-0.05, 0) is 65.8 Å². The van der Waals surface area contributed by atoms with E-state index >= 15 is 0 Å². The van der Waals surface area contributed by atoms with Crippen LogP contribution < -0.4 is 10.0 Å². The summed E-state index contributed by atoms with van der Waals surface area (Å²) < 4.78 is 49.6. The standard InChI is InChI=1S/C21H25FN4O4S/c1-12-19(13(2)26(24-12)21(4,5)6)31(28,29)25-15-7-8-17(22)18(11-15)23-20(27)16-9-10-30-14(16)3/h7-11,25H,1-6H3,(H,23,27). The highest BCUT2D eigenvalue weighted by atomic mass is 32.2. The lowest BCUT2D eigenvalue weighted by Gasteiger charge is -2.21. The lowest BCUT2D eigenvalue weighted by atomic mass is 10.1.